The van der Waals surface area contributed by atoms with Gasteiger partial charge in [0.15, 0.2) is 0 Å². The lowest BCUT2D eigenvalue weighted by molar-refractivity contribution is 0.289. The zero-order valence-corrected chi connectivity index (χ0v) is 12.3. The maximum atomic E-state index is 3.83. The second-order valence-corrected chi connectivity index (χ2v) is 5.39. The molecule has 0 aliphatic heterocycles. The summed E-state index contributed by atoms with van der Waals surface area (Å²) in [5, 5.41) is 3.83. The van der Waals surface area contributed by atoms with E-state index >= 15 is 0 Å². The van der Waals surface area contributed by atoms with Crippen molar-refractivity contribution in [3.05, 3.63) is 0 Å². The Labute approximate surface area is 103 Å². The van der Waals surface area contributed by atoms with Gasteiger partial charge >= 0.3 is 0 Å². The summed E-state index contributed by atoms with van der Waals surface area (Å²) in [5.74, 6) is 1.69. The maximum absolute atomic E-state index is 3.83. The van der Waals surface area contributed by atoms with Crippen LogP contribution in [0.25, 0.3) is 0 Å². The fourth-order valence-electron chi connectivity index (χ4n) is 2.51. The van der Waals surface area contributed by atoms with Crippen molar-refractivity contribution in [2.45, 2.75) is 85.7 Å². The van der Waals surface area contributed by atoms with Crippen LogP contribution >= 0.6 is 0 Å². The third kappa shape index (κ3) is 5.89. The first-order chi connectivity index (χ1) is 7.58. The zero-order valence-electron chi connectivity index (χ0n) is 12.3. The minimum atomic E-state index is 0.670. The second-order valence-electron chi connectivity index (χ2n) is 5.39. The van der Waals surface area contributed by atoms with Gasteiger partial charge in [0.2, 0.25) is 0 Å². The van der Waals surface area contributed by atoms with Crippen molar-refractivity contribution in [2.24, 2.45) is 11.8 Å². The lowest BCUT2D eigenvalue weighted by Crippen LogP contribution is -2.41. The highest BCUT2D eigenvalue weighted by molar-refractivity contribution is 4.76. The van der Waals surface area contributed by atoms with E-state index < -0.39 is 0 Å². The summed E-state index contributed by atoms with van der Waals surface area (Å²) in [6.45, 7) is 13.9. The molecule has 1 N–H and O–H groups in total. The summed E-state index contributed by atoms with van der Waals surface area (Å²) < 4.78 is 0. The van der Waals surface area contributed by atoms with Crippen LogP contribution in [0.2, 0.25) is 0 Å². The van der Waals surface area contributed by atoms with Gasteiger partial charge in [-0.05, 0) is 31.6 Å². The molecule has 0 bridgehead atoms. The molecule has 0 saturated heterocycles. The molecule has 0 aliphatic carbocycles. The van der Waals surface area contributed by atoms with Crippen molar-refractivity contribution in [3.8, 4) is 0 Å². The third-order valence-electron chi connectivity index (χ3n) is 4.13. The molecule has 0 fully saturated rings. The van der Waals surface area contributed by atoms with E-state index in [1.165, 1.54) is 32.1 Å². The molecule has 0 radical (unpaired) electrons. The highest BCUT2D eigenvalue weighted by Crippen LogP contribution is 2.17. The summed E-state index contributed by atoms with van der Waals surface area (Å²) >= 11 is 0. The highest BCUT2D eigenvalue weighted by Gasteiger charge is 2.17. The molecule has 98 valence electrons. The van der Waals surface area contributed by atoms with Gasteiger partial charge in [0, 0.05) is 12.1 Å². The minimum Gasteiger partial charge on any atom is -0.311 e. The summed E-state index contributed by atoms with van der Waals surface area (Å²) in [4.78, 5) is 0. The van der Waals surface area contributed by atoms with Crippen LogP contribution in [-0.4, -0.2) is 12.1 Å². The van der Waals surface area contributed by atoms with Gasteiger partial charge in [-0.1, -0.05) is 53.9 Å². The quantitative estimate of drug-likeness (QED) is 0.606. The monoisotopic (exact) mass is 227 g/mol. The van der Waals surface area contributed by atoms with E-state index in [1.54, 1.807) is 0 Å². The fourth-order valence-corrected chi connectivity index (χ4v) is 2.51. The first kappa shape index (κ1) is 16.0. The standard InChI is InChI=1S/C15H33N/c1-7-12(5)11-15(10-4)16-13(6)14(8-2)9-3/h12-16H,7-11H2,1-6H3. The number of hydrogen-bond donors (Lipinski definition) is 1. The van der Waals surface area contributed by atoms with Gasteiger partial charge in [0.05, 0.1) is 0 Å². The Morgan fingerprint density at radius 1 is 0.812 bits per heavy atom. The van der Waals surface area contributed by atoms with E-state index in [0.717, 1.165) is 11.8 Å². The zero-order chi connectivity index (χ0) is 12.6. The van der Waals surface area contributed by atoms with Crippen LogP contribution in [0.4, 0.5) is 0 Å². The molecule has 3 unspecified atom stereocenters. The topological polar surface area (TPSA) is 12.0 Å². The predicted molar refractivity (Wildman–Crippen MR) is 74.8 cm³/mol. The average Bonchev–Trinajstić information content (AvgIpc) is 2.29. The fraction of sp³-hybridized carbons (Fsp3) is 1.00. The van der Waals surface area contributed by atoms with Crippen molar-refractivity contribution in [1.82, 2.24) is 5.32 Å². The molecule has 0 saturated carbocycles. The van der Waals surface area contributed by atoms with Gasteiger partial charge in [0.1, 0.15) is 0 Å². The van der Waals surface area contributed by atoms with Gasteiger partial charge in [-0.15, -0.1) is 0 Å². The summed E-state index contributed by atoms with van der Waals surface area (Å²) in [5.41, 5.74) is 0. The first-order valence-corrected chi connectivity index (χ1v) is 7.34. The van der Waals surface area contributed by atoms with Crippen LogP contribution in [-0.2, 0) is 0 Å². The molecule has 0 spiro atoms. The van der Waals surface area contributed by atoms with Crippen molar-refractivity contribution >= 4 is 0 Å². The lowest BCUT2D eigenvalue weighted by atomic mass is 9.92. The van der Waals surface area contributed by atoms with E-state index in [4.69, 9.17) is 0 Å². The summed E-state index contributed by atoms with van der Waals surface area (Å²) in [7, 11) is 0. The van der Waals surface area contributed by atoms with Crippen LogP contribution < -0.4 is 5.32 Å². The molecule has 0 aliphatic rings. The highest BCUT2D eigenvalue weighted by atomic mass is 14.9. The molecule has 0 heterocycles. The second kappa shape index (κ2) is 9.04. The van der Waals surface area contributed by atoms with Gasteiger partial charge < -0.3 is 5.32 Å². The molecule has 0 rings (SSSR count). The number of nitrogens with one attached hydrogen (secondary N) is 1. The Hall–Kier alpha value is -0.0400. The van der Waals surface area contributed by atoms with Gasteiger partial charge in [-0.2, -0.15) is 0 Å². The van der Waals surface area contributed by atoms with E-state index in [0.29, 0.717) is 12.1 Å². The van der Waals surface area contributed by atoms with E-state index in [-0.39, 0.29) is 0 Å². The predicted octanol–water partition coefficient (Wildman–Crippen LogP) is 4.62. The minimum absolute atomic E-state index is 0.670. The van der Waals surface area contributed by atoms with E-state index in [1.807, 2.05) is 0 Å². The molecule has 0 aromatic rings. The van der Waals surface area contributed by atoms with Crippen LogP contribution in [0.3, 0.4) is 0 Å². The molecule has 1 heteroatoms. The molecule has 0 amide bonds. The molecular formula is C15H33N. The normalized spacial score (nSPS) is 17.4. The van der Waals surface area contributed by atoms with Crippen LogP contribution in [0.15, 0.2) is 0 Å². The summed E-state index contributed by atoms with van der Waals surface area (Å²) in [6.07, 6.45) is 6.48. The Morgan fingerprint density at radius 3 is 1.75 bits per heavy atom. The molecule has 0 aromatic carbocycles. The molecular weight excluding hydrogens is 194 g/mol. The van der Waals surface area contributed by atoms with Crippen molar-refractivity contribution in [3.63, 3.8) is 0 Å². The van der Waals surface area contributed by atoms with Crippen molar-refractivity contribution in [1.29, 1.82) is 0 Å². The van der Waals surface area contributed by atoms with Crippen molar-refractivity contribution in [2.75, 3.05) is 0 Å². The van der Waals surface area contributed by atoms with Gasteiger partial charge in [-0.25, -0.2) is 0 Å². The molecule has 3 atom stereocenters. The first-order valence-electron chi connectivity index (χ1n) is 7.34. The molecule has 16 heavy (non-hydrogen) atoms. The Bertz CT molecular complexity index is 152. The Balaban J connectivity index is 4.09. The lowest BCUT2D eigenvalue weighted by Gasteiger charge is -2.29. The smallest absolute Gasteiger partial charge is 0.00695 e. The van der Waals surface area contributed by atoms with Crippen molar-refractivity contribution < 1.29 is 0 Å². The third-order valence-corrected chi connectivity index (χ3v) is 4.13. The van der Waals surface area contributed by atoms with Crippen LogP contribution in [0, 0.1) is 11.8 Å². The van der Waals surface area contributed by atoms with Gasteiger partial charge in [-0.3, -0.25) is 0 Å². The van der Waals surface area contributed by atoms with Gasteiger partial charge in [0.25, 0.3) is 0 Å². The van der Waals surface area contributed by atoms with Crippen LogP contribution in [0.1, 0.15) is 73.6 Å². The number of rotatable bonds is 9. The maximum Gasteiger partial charge on any atom is 0.00695 e. The SMILES string of the molecule is CCC(C)CC(CC)NC(C)C(CC)CC. The Morgan fingerprint density at radius 2 is 1.38 bits per heavy atom. The largest absolute Gasteiger partial charge is 0.311 e. The number of hydrogen-bond acceptors (Lipinski definition) is 1. The Kier molecular flexibility index (Phi) is 9.02. The van der Waals surface area contributed by atoms with E-state index in [9.17, 15) is 0 Å². The molecule has 1 nitrogen and oxygen atoms in total. The average molecular weight is 227 g/mol. The van der Waals surface area contributed by atoms with E-state index in [2.05, 4.69) is 46.9 Å². The summed E-state index contributed by atoms with van der Waals surface area (Å²) in [6, 6.07) is 1.38. The molecule has 0 aromatic heterocycles. The van der Waals surface area contributed by atoms with Crippen LogP contribution in [0.5, 0.6) is 0 Å².